The molecule has 0 saturated carbocycles. The van der Waals surface area contributed by atoms with Gasteiger partial charge in [-0.1, -0.05) is 17.0 Å². The first-order chi connectivity index (χ1) is 14.4. The average molecular weight is 451 g/mol. The summed E-state index contributed by atoms with van der Waals surface area (Å²) in [4.78, 5) is 46.8. The number of hydrogen-bond donors (Lipinski definition) is 4. The van der Waals surface area contributed by atoms with Gasteiger partial charge in [-0.05, 0) is 0 Å². The van der Waals surface area contributed by atoms with Gasteiger partial charge in [0, 0.05) is 23.1 Å². The van der Waals surface area contributed by atoms with E-state index in [1.54, 1.807) is 0 Å². The van der Waals surface area contributed by atoms with Crippen LogP contribution < -0.4 is 11.1 Å². The minimum atomic E-state index is -1.29. The number of β-lactam (4-membered cyclic amide) rings is 1. The largest absolute Gasteiger partial charge is 0.477 e. The van der Waals surface area contributed by atoms with Gasteiger partial charge in [-0.3, -0.25) is 14.5 Å². The maximum absolute atomic E-state index is 12.7. The van der Waals surface area contributed by atoms with Crippen LogP contribution in [-0.2, 0) is 19.2 Å². The van der Waals surface area contributed by atoms with E-state index in [0.29, 0.717) is 0 Å². The smallest absolute Gasteiger partial charge is 0.353 e. The molecule has 30 heavy (non-hydrogen) atoms. The molecule has 5 N–H and O–H groups in total. The van der Waals surface area contributed by atoms with Gasteiger partial charge in [0.1, 0.15) is 29.9 Å². The molecule has 1 fully saturated rings. The lowest BCUT2D eigenvalue weighted by molar-refractivity contribution is -0.150. The highest BCUT2D eigenvalue weighted by molar-refractivity contribution is 8.00. The van der Waals surface area contributed by atoms with Crippen LogP contribution in [0.5, 0.6) is 0 Å². The van der Waals surface area contributed by atoms with Crippen molar-refractivity contribution in [2.45, 2.75) is 17.8 Å². The van der Waals surface area contributed by atoms with Gasteiger partial charge in [0.25, 0.3) is 11.8 Å². The molecule has 2 aliphatic heterocycles. The molecule has 0 aromatic carbocycles. The van der Waals surface area contributed by atoms with E-state index in [1.165, 1.54) is 24.3 Å². The highest BCUT2D eigenvalue weighted by Gasteiger charge is 2.54. The van der Waals surface area contributed by atoms with E-state index >= 15 is 0 Å². The van der Waals surface area contributed by atoms with Crippen molar-refractivity contribution in [1.82, 2.24) is 15.2 Å². The number of nitrogens with two attached hydrogens (primary N) is 1. The Morgan fingerprint density at radius 1 is 1.53 bits per heavy atom. The number of carboxylic acids is 1. The number of carbonyl (C=O) groups is 3. The van der Waals surface area contributed by atoms with Crippen LogP contribution in [0.3, 0.4) is 0 Å². The molecule has 0 radical (unpaired) electrons. The number of fused-ring (bicyclic) bond motifs is 1. The van der Waals surface area contributed by atoms with Gasteiger partial charge in [0.2, 0.25) is 0 Å². The molecule has 0 aliphatic carbocycles. The molecule has 0 bridgehead atoms. The van der Waals surface area contributed by atoms with E-state index in [9.17, 15) is 19.5 Å². The third-order valence-electron chi connectivity index (χ3n) is 4.10. The number of rotatable bonds is 6. The first-order valence-corrected chi connectivity index (χ1v) is 10.5. The number of oxime groups is 1. The Morgan fingerprint density at radius 3 is 2.90 bits per heavy atom. The molecule has 2 amide bonds. The van der Waals surface area contributed by atoms with Gasteiger partial charge in [0.15, 0.2) is 10.8 Å². The number of carbonyl (C=O) groups excluding carboxylic acids is 2. The van der Waals surface area contributed by atoms with Gasteiger partial charge in [-0.25, -0.2) is 9.78 Å². The van der Waals surface area contributed by atoms with E-state index in [4.69, 9.17) is 15.7 Å². The lowest BCUT2D eigenvalue weighted by Crippen LogP contribution is -2.71. The Bertz CT molecular complexity index is 1010. The Labute approximate surface area is 179 Å². The highest BCUT2D eigenvalue weighted by Crippen LogP contribution is 2.40. The number of aliphatic hydroxyl groups excluding tert-OH is 1. The van der Waals surface area contributed by atoms with Crippen molar-refractivity contribution in [3.8, 4) is 11.8 Å². The zero-order valence-electron chi connectivity index (χ0n) is 15.6. The standard InChI is InChI=1S/C17H17N5O6S2/c1-28-21-10(9-7-30-17(18)19-9)13(24)20-11-14(25)22-12(16(26)27)8(4-2-3-5-23)6-29-15(11)22/h7,11,15,23H,3,5-6H2,1H3,(H2,18,19)(H,20,24)(H,26,27)/b21-10-/t11-,15-/m1/s1. The molecule has 1 saturated heterocycles. The molecule has 1 aromatic heterocycles. The van der Waals surface area contributed by atoms with Crippen molar-refractivity contribution in [3.05, 3.63) is 22.3 Å². The Balaban J connectivity index is 1.79. The Morgan fingerprint density at radius 2 is 2.30 bits per heavy atom. The topological polar surface area (TPSA) is 167 Å². The summed E-state index contributed by atoms with van der Waals surface area (Å²) in [5.74, 6) is 3.07. The van der Waals surface area contributed by atoms with Crippen LogP contribution in [0, 0.1) is 11.8 Å². The maximum Gasteiger partial charge on any atom is 0.353 e. The SMILES string of the molecule is CO/N=C(\C(=O)N[C@@H]1C(=O)N2C(C(=O)O)=C(C#CCCO)CS[C@H]12)c1csc(N)n1. The van der Waals surface area contributed by atoms with Crippen molar-refractivity contribution < 1.29 is 29.4 Å². The first kappa shape index (κ1) is 21.6. The summed E-state index contributed by atoms with van der Waals surface area (Å²) in [6.45, 7) is -0.148. The fourth-order valence-corrected chi connectivity index (χ4v) is 4.67. The van der Waals surface area contributed by atoms with Gasteiger partial charge in [-0.15, -0.1) is 23.1 Å². The number of aliphatic hydroxyl groups is 1. The summed E-state index contributed by atoms with van der Waals surface area (Å²) in [5, 5.41) is 25.8. The number of carboxylic acid groups (broad SMARTS) is 1. The number of amides is 2. The molecule has 0 spiro atoms. The molecular weight excluding hydrogens is 434 g/mol. The fraction of sp³-hybridized carbons (Fsp3) is 0.353. The number of thioether (sulfide) groups is 1. The molecule has 2 aliphatic rings. The van der Waals surface area contributed by atoms with E-state index in [0.717, 1.165) is 16.2 Å². The lowest BCUT2D eigenvalue weighted by atomic mass is 10.0. The van der Waals surface area contributed by atoms with E-state index in [1.807, 2.05) is 0 Å². The van der Waals surface area contributed by atoms with Crippen LogP contribution in [0.4, 0.5) is 5.13 Å². The zero-order valence-corrected chi connectivity index (χ0v) is 17.2. The second-order valence-electron chi connectivity index (χ2n) is 5.96. The first-order valence-electron chi connectivity index (χ1n) is 8.53. The minimum Gasteiger partial charge on any atom is -0.477 e. The third-order valence-corrected chi connectivity index (χ3v) is 6.05. The van der Waals surface area contributed by atoms with Crippen LogP contribution in [0.15, 0.2) is 21.8 Å². The predicted molar refractivity (Wildman–Crippen MR) is 109 cm³/mol. The molecule has 2 atom stereocenters. The number of aromatic nitrogens is 1. The van der Waals surface area contributed by atoms with Crippen LogP contribution in [-0.4, -0.2) is 74.5 Å². The summed E-state index contributed by atoms with van der Waals surface area (Å²) < 4.78 is 0. The van der Waals surface area contributed by atoms with Gasteiger partial charge in [-0.2, -0.15) is 0 Å². The summed E-state index contributed by atoms with van der Waals surface area (Å²) >= 11 is 2.39. The zero-order chi connectivity index (χ0) is 21.8. The van der Waals surface area contributed by atoms with Crippen LogP contribution in [0.2, 0.25) is 0 Å². The van der Waals surface area contributed by atoms with Crippen LogP contribution in [0.25, 0.3) is 0 Å². The molecule has 3 heterocycles. The van der Waals surface area contributed by atoms with Crippen molar-refractivity contribution in [2.75, 3.05) is 25.2 Å². The highest BCUT2D eigenvalue weighted by atomic mass is 32.2. The summed E-state index contributed by atoms with van der Waals surface area (Å²) in [5.41, 5.74) is 5.72. The molecule has 13 heteroatoms. The lowest BCUT2D eigenvalue weighted by Gasteiger charge is -2.48. The van der Waals surface area contributed by atoms with Crippen molar-refractivity contribution >= 4 is 51.7 Å². The summed E-state index contributed by atoms with van der Waals surface area (Å²) in [6, 6.07) is -0.943. The van der Waals surface area contributed by atoms with Gasteiger partial charge < -0.3 is 26.1 Å². The van der Waals surface area contributed by atoms with E-state index < -0.39 is 29.2 Å². The average Bonchev–Trinajstić information content (AvgIpc) is 3.15. The molecule has 11 nitrogen and oxygen atoms in total. The summed E-state index contributed by atoms with van der Waals surface area (Å²) in [6.07, 6.45) is 0.194. The van der Waals surface area contributed by atoms with Crippen LogP contribution >= 0.6 is 23.1 Å². The van der Waals surface area contributed by atoms with Gasteiger partial charge >= 0.3 is 5.97 Å². The number of nitrogen functional groups attached to an aromatic ring is 1. The fourth-order valence-electron chi connectivity index (χ4n) is 2.84. The number of nitrogens with one attached hydrogen (secondary N) is 1. The monoisotopic (exact) mass is 451 g/mol. The normalized spacial score (nSPS) is 20.7. The van der Waals surface area contributed by atoms with Crippen LogP contribution in [0.1, 0.15) is 12.1 Å². The van der Waals surface area contributed by atoms with Crippen molar-refractivity contribution in [3.63, 3.8) is 0 Å². The number of aliphatic carboxylic acids is 1. The number of thiazole rings is 1. The predicted octanol–water partition coefficient (Wildman–Crippen LogP) is -0.800. The minimum absolute atomic E-state index is 0.148. The molecular formula is C17H17N5O6S2. The molecule has 0 unspecified atom stereocenters. The van der Waals surface area contributed by atoms with E-state index in [2.05, 4.69) is 27.3 Å². The second kappa shape index (κ2) is 9.16. The van der Waals surface area contributed by atoms with Crippen molar-refractivity contribution in [2.24, 2.45) is 5.16 Å². The maximum atomic E-state index is 12.7. The molecule has 3 rings (SSSR count). The summed E-state index contributed by atoms with van der Waals surface area (Å²) in [7, 11) is 1.26. The second-order valence-corrected chi connectivity index (χ2v) is 7.96. The quantitative estimate of drug-likeness (QED) is 0.187. The van der Waals surface area contributed by atoms with Crippen molar-refractivity contribution in [1.29, 1.82) is 0 Å². The number of anilines is 1. The third kappa shape index (κ3) is 4.11. The Hall–Kier alpha value is -3.08. The number of nitrogens with zero attached hydrogens (tertiary/aromatic N) is 3. The van der Waals surface area contributed by atoms with E-state index in [-0.39, 0.29) is 46.6 Å². The molecule has 1 aromatic rings. The van der Waals surface area contributed by atoms with Gasteiger partial charge in [0.05, 0.1) is 6.61 Å². The Kier molecular flexibility index (Phi) is 6.60. The number of hydrogen-bond acceptors (Lipinski definition) is 10. The molecule has 158 valence electrons.